The lowest BCUT2D eigenvalue weighted by Gasteiger charge is -2.08. The van der Waals surface area contributed by atoms with E-state index in [1.165, 1.54) is 5.56 Å². The smallest absolute Gasteiger partial charge is 0.256 e. The fraction of sp³-hybridized carbons (Fsp3) is 0.133. The van der Waals surface area contributed by atoms with Gasteiger partial charge in [-0.05, 0) is 58.2 Å². The number of hydrogen-bond acceptors (Lipinski definition) is 2. The fourth-order valence-electron chi connectivity index (χ4n) is 1.78. The van der Waals surface area contributed by atoms with Crippen LogP contribution in [-0.4, -0.2) is 5.91 Å². The molecule has 0 spiro atoms. The van der Waals surface area contributed by atoms with E-state index in [9.17, 15) is 4.79 Å². The Morgan fingerprint density at radius 1 is 1.26 bits per heavy atom. The van der Waals surface area contributed by atoms with Crippen LogP contribution >= 0.6 is 15.9 Å². The van der Waals surface area contributed by atoms with Crippen LogP contribution in [0.3, 0.4) is 0 Å². The molecule has 0 saturated carbocycles. The standard InChI is InChI=1S/C15H15BrN2O/c1-2-10-4-3-5-12(8-10)18-15(19)13-9-11(17)6-7-14(13)16/h3-9H,2,17H2,1H3,(H,18,19). The quantitative estimate of drug-likeness (QED) is 0.845. The number of benzene rings is 2. The Labute approximate surface area is 121 Å². The second-order valence-electron chi connectivity index (χ2n) is 4.25. The van der Waals surface area contributed by atoms with Crippen molar-refractivity contribution in [1.29, 1.82) is 0 Å². The monoisotopic (exact) mass is 318 g/mol. The first-order chi connectivity index (χ1) is 9.10. The third-order valence-corrected chi connectivity index (χ3v) is 3.52. The molecule has 0 aliphatic rings. The molecular weight excluding hydrogens is 304 g/mol. The van der Waals surface area contributed by atoms with Crippen LogP contribution in [-0.2, 0) is 6.42 Å². The molecule has 2 aromatic rings. The van der Waals surface area contributed by atoms with Crippen molar-refractivity contribution in [2.75, 3.05) is 11.1 Å². The molecule has 1 amide bonds. The van der Waals surface area contributed by atoms with E-state index in [4.69, 9.17) is 5.73 Å². The van der Waals surface area contributed by atoms with Crippen LogP contribution in [0.15, 0.2) is 46.9 Å². The molecule has 3 nitrogen and oxygen atoms in total. The number of halogens is 1. The fourth-order valence-corrected chi connectivity index (χ4v) is 2.21. The molecule has 0 aliphatic carbocycles. The summed E-state index contributed by atoms with van der Waals surface area (Å²) in [7, 11) is 0. The van der Waals surface area contributed by atoms with E-state index in [-0.39, 0.29) is 5.91 Å². The summed E-state index contributed by atoms with van der Waals surface area (Å²) in [5, 5.41) is 2.88. The van der Waals surface area contributed by atoms with Gasteiger partial charge >= 0.3 is 0 Å². The summed E-state index contributed by atoms with van der Waals surface area (Å²) in [6.07, 6.45) is 0.936. The van der Waals surface area contributed by atoms with Gasteiger partial charge < -0.3 is 11.1 Å². The zero-order valence-corrected chi connectivity index (χ0v) is 12.2. The van der Waals surface area contributed by atoms with E-state index in [1.807, 2.05) is 24.3 Å². The average Bonchev–Trinajstić information content (AvgIpc) is 2.41. The van der Waals surface area contributed by atoms with E-state index in [1.54, 1.807) is 18.2 Å². The number of nitrogens with two attached hydrogens (primary N) is 1. The van der Waals surface area contributed by atoms with Gasteiger partial charge in [0.25, 0.3) is 5.91 Å². The van der Waals surface area contributed by atoms with Crippen molar-refractivity contribution in [3.05, 3.63) is 58.1 Å². The van der Waals surface area contributed by atoms with E-state index in [0.29, 0.717) is 11.3 Å². The Bertz CT molecular complexity index is 611. The number of aryl methyl sites for hydroxylation is 1. The summed E-state index contributed by atoms with van der Waals surface area (Å²) < 4.78 is 0.728. The number of carbonyl (C=O) groups excluding carboxylic acids is 1. The molecular formula is C15H15BrN2O. The molecule has 0 bridgehead atoms. The second kappa shape index (κ2) is 5.89. The topological polar surface area (TPSA) is 55.1 Å². The molecule has 19 heavy (non-hydrogen) atoms. The maximum absolute atomic E-state index is 12.2. The van der Waals surface area contributed by atoms with E-state index < -0.39 is 0 Å². The van der Waals surface area contributed by atoms with Gasteiger partial charge in [-0.2, -0.15) is 0 Å². The van der Waals surface area contributed by atoms with Gasteiger partial charge in [-0.15, -0.1) is 0 Å². The minimum atomic E-state index is -0.174. The average molecular weight is 319 g/mol. The van der Waals surface area contributed by atoms with Gasteiger partial charge in [-0.1, -0.05) is 19.1 Å². The van der Waals surface area contributed by atoms with E-state index in [2.05, 4.69) is 28.2 Å². The lowest BCUT2D eigenvalue weighted by atomic mass is 10.1. The van der Waals surface area contributed by atoms with Crippen molar-refractivity contribution in [1.82, 2.24) is 0 Å². The largest absolute Gasteiger partial charge is 0.399 e. The van der Waals surface area contributed by atoms with Crippen LogP contribution in [0, 0.1) is 0 Å². The highest BCUT2D eigenvalue weighted by atomic mass is 79.9. The van der Waals surface area contributed by atoms with Crippen molar-refractivity contribution in [2.45, 2.75) is 13.3 Å². The Balaban J connectivity index is 2.23. The summed E-state index contributed by atoms with van der Waals surface area (Å²) in [5.41, 5.74) is 8.77. The Morgan fingerprint density at radius 3 is 2.79 bits per heavy atom. The summed E-state index contributed by atoms with van der Waals surface area (Å²) >= 11 is 3.36. The van der Waals surface area contributed by atoms with Gasteiger partial charge in [-0.3, -0.25) is 4.79 Å². The second-order valence-corrected chi connectivity index (χ2v) is 5.10. The molecule has 0 unspecified atom stereocenters. The van der Waals surface area contributed by atoms with Crippen LogP contribution in [0.2, 0.25) is 0 Å². The van der Waals surface area contributed by atoms with Crippen molar-refractivity contribution in [3.63, 3.8) is 0 Å². The summed E-state index contributed by atoms with van der Waals surface area (Å²) in [6, 6.07) is 13.0. The molecule has 0 atom stereocenters. The SMILES string of the molecule is CCc1cccc(NC(=O)c2cc(N)ccc2Br)c1. The molecule has 0 fully saturated rings. The predicted molar refractivity (Wildman–Crippen MR) is 82.3 cm³/mol. The van der Waals surface area contributed by atoms with Crippen LogP contribution in [0.5, 0.6) is 0 Å². The molecule has 0 heterocycles. The first-order valence-corrected chi connectivity index (χ1v) is 6.84. The normalized spacial score (nSPS) is 10.2. The minimum Gasteiger partial charge on any atom is -0.399 e. The van der Waals surface area contributed by atoms with E-state index >= 15 is 0 Å². The van der Waals surface area contributed by atoms with Gasteiger partial charge in [0.1, 0.15) is 0 Å². The van der Waals surface area contributed by atoms with Crippen LogP contribution < -0.4 is 11.1 Å². The Hall–Kier alpha value is -1.81. The Morgan fingerprint density at radius 2 is 2.05 bits per heavy atom. The lowest BCUT2D eigenvalue weighted by molar-refractivity contribution is 0.102. The molecule has 2 aromatic carbocycles. The molecule has 98 valence electrons. The van der Waals surface area contributed by atoms with Crippen molar-refractivity contribution < 1.29 is 4.79 Å². The molecule has 0 aromatic heterocycles. The molecule has 4 heteroatoms. The highest BCUT2D eigenvalue weighted by Crippen LogP contribution is 2.21. The summed E-state index contributed by atoms with van der Waals surface area (Å²) in [4.78, 5) is 12.2. The zero-order valence-electron chi connectivity index (χ0n) is 10.6. The molecule has 0 saturated heterocycles. The van der Waals surface area contributed by atoms with Crippen molar-refractivity contribution in [2.24, 2.45) is 0 Å². The summed E-state index contributed by atoms with van der Waals surface area (Å²) in [5.74, 6) is -0.174. The maximum Gasteiger partial charge on any atom is 0.256 e. The first-order valence-electron chi connectivity index (χ1n) is 6.05. The van der Waals surface area contributed by atoms with Gasteiger partial charge in [0.15, 0.2) is 0 Å². The first kappa shape index (κ1) is 13.6. The molecule has 0 radical (unpaired) electrons. The third kappa shape index (κ3) is 3.35. The van der Waals surface area contributed by atoms with Gasteiger partial charge in [0, 0.05) is 15.8 Å². The minimum absolute atomic E-state index is 0.174. The Kier molecular flexibility index (Phi) is 4.22. The third-order valence-electron chi connectivity index (χ3n) is 2.83. The van der Waals surface area contributed by atoms with Crippen LogP contribution in [0.1, 0.15) is 22.8 Å². The maximum atomic E-state index is 12.2. The summed E-state index contributed by atoms with van der Waals surface area (Å²) in [6.45, 7) is 2.08. The number of carbonyl (C=O) groups is 1. The number of amides is 1. The lowest BCUT2D eigenvalue weighted by Crippen LogP contribution is -2.13. The number of hydrogen-bond donors (Lipinski definition) is 2. The van der Waals surface area contributed by atoms with Gasteiger partial charge in [-0.25, -0.2) is 0 Å². The molecule has 0 aliphatic heterocycles. The number of nitrogen functional groups attached to an aromatic ring is 1. The molecule has 3 N–H and O–H groups in total. The number of rotatable bonds is 3. The number of nitrogens with one attached hydrogen (secondary N) is 1. The van der Waals surface area contributed by atoms with Crippen molar-refractivity contribution in [3.8, 4) is 0 Å². The number of anilines is 2. The highest BCUT2D eigenvalue weighted by molar-refractivity contribution is 9.10. The highest BCUT2D eigenvalue weighted by Gasteiger charge is 2.10. The van der Waals surface area contributed by atoms with Crippen molar-refractivity contribution >= 4 is 33.2 Å². The zero-order chi connectivity index (χ0) is 13.8. The van der Waals surface area contributed by atoms with Crippen LogP contribution in [0.4, 0.5) is 11.4 Å². The molecule has 2 rings (SSSR count). The van der Waals surface area contributed by atoms with Crippen LogP contribution in [0.25, 0.3) is 0 Å². The van der Waals surface area contributed by atoms with Gasteiger partial charge in [0.05, 0.1) is 5.56 Å². The van der Waals surface area contributed by atoms with E-state index in [0.717, 1.165) is 16.6 Å². The van der Waals surface area contributed by atoms with Gasteiger partial charge in [0.2, 0.25) is 0 Å². The predicted octanol–water partition coefficient (Wildman–Crippen LogP) is 3.85.